The maximum atomic E-state index is 13.0. The second kappa shape index (κ2) is 10.1. The van der Waals surface area contributed by atoms with Crippen LogP contribution in [0, 0.1) is 6.92 Å². The van der Waals surface area contributed by atoms with E-state index in [0.29, 0.717) is 18.9 Å². The summed E-state index contributed by atoms with van der Waals surface area (Å²) in [6, 6.07) is 5.80. The second-order valence-corrected chi connectivity index (χ2v) is 11.4. The zero-order valence-corrected chi connectivity index (χ0v) is 21.6. The van der Waals surface area contributed by atoms with Crippen LogP contribution in [0.25, 0.3) is 22.2 Å². The third kappa shape index (κ3) is 4.94. The van der Waals surface area contributed by atoms with Crippen LogP contribution in [0.1, 0.15) is 61.3 Å². The summed E-state index contributed by atoms with van der Waals surface area (Å²) in [6.07, 6.45) is 7.26. The van der Waals surface area contributed by atoms with Crippen molar-refractivity contribution in [2.75, 3.05) is 37.0 Å². The van der Waals surface area contributed by atoms with Crippen molar-refractivity contribution in [1.29, 1.82) is 0 Å². The van der Waals surface area contributed by atoms with Crippen LogP contribution in [0.2, 0.25) is 0 Å². The number of hydrogen-bond acceptors (Lipinski definition) is 8. The molecular formula is C25H32N6O4S. The van der Waals surface area contributed by atoms with Gasteiger partial charge < -0.3 is 9.64 Å². The number of pyridine rings is 2. The van der Waals surface area contributed by atoms with Crippen molar-refractivity contribution in [2.45, 2.75) is 52.0 Å². The summed E-state index contributed by atoms with van der Waals surface area (Å²) in [5, 5.41) is 5.70. The molecule has 0 radical (unpaired) electrons. The molecule has 3 aromatic rings. The number of nitrogens with zero attached hydrogens (tertiary/aromatic N) is 5. The molecular weight excluding hydrogens is 480 g/mol. The minimum atomic E-state index is -3.73. The lowest BCUT2D eigenvalue weighted by molar-refractivity contribution is 0.0977. The molecule has 11 heteroatoms. The highest BCUT2D eigenvalue weighted by molar-refractivity contribution is 7.90. The molecule has 5 rings (SSSR count). The fourth-order valence-corrected chi connectivity index (χ4v) is 5.56. The molecule has 0 unspecified atom stereocenters. The molecule has 36 heavy (non-hydrogen) atoms. The summed E-state index contributed by atoms with van der Waals surface area (Å²) in [5.41, 5.74) is 3.05. The smallest absolute Gasteiger partial charge is 0.283 e. The summed E-state index contributed by atoms with van der Waals surface area (Å²) in [6.45, 7) is 6.36. The Kier molecular flexibility index (Phi) is 6.94. The number of aromatic nitrogens is 4. The van der Waals surface area contributed by atoms with Gasteiger partial charge in [-0.2, -0.15) is 5.10 Å². The molecule has 2 aliphatic rings. The van der Waals surface area contributed by atoms with Crippen LogP contribution >= 0.6 is 0 Å². The van der Waals surface area contributed by atoms with Crippen LogP contribution in [0.15, 0.2) is 24.4 Å². The number of carbonyl (C=O) groups is 1. The van der Waals surface area contributed by atoms with Gasteiger partial charge in [-0.15, -0.1) is 0 Å². The lowest BCUT2D eigenvalue weighted by Gasteiger charge is -2.27. The molecule has 3 aromatic heterocycles. The number of amides is 1. The molecule has 1 amide bonds. The van der Waals surface area contributed by atoms with Crippen molar-refractivity contribution in [2.24, 2.45) is 0 Å². The number of anilines is 1. The van der Waals surface area contributed by atoms with Gasteiger partial charge in [-0.3, -0.25) is 4.79 Å². The first-order chi connectivity index (χ1) is 17.4. The number of hydrogen-bond donors (Lipinski definition) is 1. The quantitative estimate of drug-likeness (QED) is 0.535. The van der Waals surface area contributed by atoms with Gasteiger partial charge in [-0.1, -0.05) is 19.3 Å². The highest BCUT2D eigenvalue weighted by atomic mass is 32.2. The largest absolute Gasteiger partial charge is 0.378 e. The first kappa shape index (κ1) is 24.6. The van der Waals surface area contributed by atoms with Gasteiger partial charge in [0.05, 0.1) is 30.7 Å². The normalized spacial score (nSPS) is 17.4. The lowest BCUT2D eigenvalue weighted by atomic mass is 9.95. The summed E-state index contributed by atoms with van der Waals surface area (Å²) in [4.78, 5) is 24.5. The molecule has 0 bridgehead atoms. The third-order valence-corrected chi connectivity index (χ3v) is 8.27. The van der Waals surface area contributed by atoms with Crippen molar-refractivity contribution in [3.8, 4) is 11.1 Å². The average molecular weight is 513 g/mol. The number of sulfonamides is 1. The van der Waals surface area contributed by atoms with Gasteiger partial charge in [-0.25, -0.2) is 27.8 Å². The van der Waals surface area contributed by atoms with Crippen molar-refractivity contribution in [3.63, 3.8) is 0 Å². The van der Waals surface area contributed by atoms with E-state index in [9.17, 15) is 13.2 Å². The number of fused-ring (bicyclic) bond motifs is 1. The van der Waals surface area contributed by atoms with Gasteiger partial charge in [0, 0.05) is 30.2 Å². The third-order valence-electron chi connectivity index (χ3n) is 7.01. The standard InChI is InChI=1S/C25H32N6O4S/c1-3-36(33,34)29-25(32)21-15-20(18-9-10-22(26-16-18)30-11-13-35-14-12-30)23-17(2)28-31(24(23)27-21)19-7-5-4-6-8-19/h9-10,15-16,19H,3-8,11-14H2,1-2H3,(H,29,32). The Morgan fingerprint density at radius 2 is 1.92 bits per heavy atom. The summed E-state index contributed by atoms with van der Waals surface area (Å²) < 4.78 is 33.7. The Morgan fingerprint density at radius 3 is 2.58 bits per heavy atom. The van der Waals surface area contributed by atoms with E-state index >= 15 is 0 Å². The first-order valence-corrected chi connectivity index (χ1v) is 14.3. The topological polar surface area (TPSA) is 119 Å². The van der Waals surface area contributed by atoms with E-state index in [0.717, 1.165) is 66.8 Å². The maximum absolute atomic E-state index is 13.0. The van der Waals surface area contributed by atoms with Gasteiger partial charge in [0.15, 0.2) is 5.65 Å². The number of nitrogens with one attached hydrogen (secondary N) is 1. The Balaban J connectivity index is 1.61. The first-order valence-electron chi connectivity index (χ1n) is 12.6. The molecule has 0 aromatic carbocycles. The van der Waals surface area contributed by atoms with E-state index in [1.807, 2.05) is 23.7 Å². The predicted molar refractivity (Wildman–Crippen MR) is 138 cm³/mol. The summed E-state index contributed by atoms with van der Waals surface area (Å²) >= 11 is 0. The van der Waals surface area contributed by atoms with E-state index in [-0.39, 0.29) is 17.5 Å². The van der Waals surface area contributed by atoms with Gasteiger partial charge >= 0.3 is 0 Å². The highest BCUT2D eigenvalue weighted by Gasteiger charge is 2.25. The van der Waals surface area contributed by atoms with Crippen LogP contribution in [0.4, 0.5) is 5.82 Å². The summed E-state index contributed by atoms with van der Waals surface area (Å²) in [7, 11) is -3.73. The van der Waals surface area contributed by atoms with Crippen molar-refractivity contribution < 1.29 is 17.9 Å². The second-order valence-electron chi connectivity index (χ2n) is 9.41. The number of rotatable bonds is 6. The molecule has 1 saturated heterocycles. The van der Waals surface area contributed by atoms with Gasteiger partial charge in [0.25, 0.3) is 5.91 Å². The van der Waals surface area contributed by atoms with Crippen molar-refractivity contribution in [1.82, 2.24) is 24.5 Å². The van der Waals surface area contributed by atoms with Crippen LogP contribution < -0.4 is 9.62 Å². The zero-order chi connectivity index (χ0) is 25.3. The van der Waals surface area contributed by atoms with Crippen molar-refractivity contribution >= 4 is 32.8 Å². The molecule has 192 valence electrons. The Bertz CT molecular complexity index is 1360. The van der Waals surface area contributed by atoms with Crippen LogP contribution in [-0.2, 0) is 14.8 Å². The number of morpholine rings is 1. The fraction of sp³-hybridized carbons (Fsp3) is 0.520. The van der Waals surface area contributed by atoms with Crippen LogP contribution in [0.3, 0.4) is 0 Å². The molecule has 0 atom stereocenters. The number of carbonyl (C=O) groups excluding carboxylic acids is 1. The zero-order valence-electron chi connectivity index (χ0n) is 20.7. The minimum absolute atomic E-state index is 0.0451. The maximum Gasteiger partial charge on any atom is 0.283 e. The van der Waals surface area contributed by atoms with E-state index in [2.05, 4.69) is 19.6 Å². The van der Waals surface area contributed by atoms with Gasteiger partial charge in [-0.05, 0) is 50.5 Å². The average Bonchev–Trinajstić information content (AvgIpc) is 3.25. The summed E-state index contributed by atoms with van der Waals surface area (Å²) in [5.74, 6) is -0.0687. The molecule has 0 spiro atoms. The SMILES string of the molecule is CCS(=O)(=O)NC(=O)c1cc(-c2ccc(N3CCOCC3)nc2)c2c(C)nn(C3CCCCC3)c2n1. The Labute approximate surface area is 211 Å². The van der Waals surface area contributed by atoms with E-state index in [4.69, 9.17) is 9.84 Å². The van der Waals surface area contributed by atoms with Crippen LogP contribution in [0.5, 0.6) is 0 Å². The predicted octanol–water partition coefficient (Wildman–Crippen LogP) is 3.22. The molecule has 1 aliphatic carbocycles. The van der Waals surface area contributed by atoms with E-state index < -0.39 is 15.9 Å². The molecule has 1 saturated carbocycles. The molecule has 1 aliphatic heterocycles. The molecule has 4 heterocycles. The lowest BCUT2D eigenvalue weighted by Crippen LogP contribution is -2.36. The Morgan fingerprint density at radius 1 is 1.17 bits per heavy atom. The van der Waals surface area contributed by atoms with Crippen molar-refractivity contribution in [3.05, 3.63) is 35.8 Å². The van der Waals surface area contributed by atoms with E-state index in [1.54, 1.807) is 12.3 Å². The number of aryl methyl sites for hydroxylation is 1. The number of ether oxygens (including phenoxy) is 1. The molecule has 1 N–H and O–H groups in total. The van der Waals surface area contributed by atoms with Gasteiger partial charge in [0.1, 0.15) is 11.5 Å². The van der Waals surface area contributed by atoms with E-state index in [1.165, 1.54) is 13.3 Å². The monoisotopic (exact) mass is 512 g/mol. The highest BCUT2D eigenvalue weighted by Crippen LogP contribution is 2.36. The molecule has 10 nitrogen and oxygen atoms in total. The minimum Gasteiger partial charge on any atom is -0.378 e. The van der Waals surface area contributed by atoms with Crippen LogP contribution in [-0.4, -0.2) is 66.1 Å². The fourth-order valence-electron chi connectivity index (χ4n) is 5.03. The molecule has 2 fully saturated rings. The van der Waals surface area contributed by atoms with Gasteiger partial charge in [0.2, 0.25) is 10.0 Å². The Hall–Kier alpha value is -3.05.